The van der Waals surface area contributed by atoms with Crippen LogP contribution in [0.25, 0.3) is 10.8 Å². The van der Waals surface area contributed by atoms with Crippen LogP contribution >= 0.6 is 0 Å². The van der Waals surface area contributed by atoms with E-state index in [4.69, 9.17) is 0 Å². The van der Waals surface area contributed by atoms with Gasteiger partial charge in [0, 0.05) is 12.4 Å². The van der Waals surface area contributed by atoms with E-state index in [1.54, 1.807) is 36.2 Å². The molecule has 0 unspecified atom stereocenters. The predicted molar refractivity (Wildman–Crippen MR) is 110 cm³/mol. The highest BCUT2D eigenvalue weighted by molar-refractivity contribution is 6.15. The van der Waals surface area contributed by atoms with Crippen molar-refractivity contribution in [1.29, 1.82) is 0 Å². The monoisotopic (exact) mass is 385 g/mol. The maximum absolute atomic E-state index is 13.5. The van der Waals surface area contributed by atoms with E-state index in [2.05, 4.69) is 5.32 Å². The molecule has 0 fully saturated rings. The lowest BCUT2D eigenvalue weighted by molar-refractivity contribution is -0.114. The first kappa shape index (κ1) is 17.3. The summed E-state index contributed by atoms with van der Waals surface area (Å²) in [5, 5.41) is 14.6. The molecule has 0 spiro atoms. The maximum Gasteiger partial charge on any atom is 0.322 e. The third kappa shape index (κ3) is 2.64. The summed E-state index contributed by atoms with van der Waals surface area (Å²) in [6.07, 6.45) is 0. The van der Waals surface area contributed by atoms with Crippen molar-refractivity contribution in [3.05, 3.63) is 83.6 Å². The highest BCUT2D eigenvalue weighted by Crippen LogP contribution is 2.39. The van der Waals surface area contributed by atoms with Gasteiger partial charge in [-0.3, -0.25) is 9.69 Å². The second-order valence-electron chi connectivity index (χ2n) is 7.28. The molecule has 3 aromatic carbocycles. The van der Waals surface area contributed by atoms with Gasteiger partial charge in [0.15, 0.2) is 0 Å². The lowest BCUT2D eigenvalue weighted by atomic mass is 9.95. The molecule has 0 saturated heterocycles. The van der Waals surface area contributed by atoms with Gasteiger partial charge in [-0.25, -0.2) is 4.79 Å². The second kappa shape index (κ2) is 6.38. The average molecular weight is 385 g/mol. The molecule has 5 rings (SSSR count). The molecule has 2 heterocycles. The van der Waals surface area contributed by atoms with Gasteiger partial charge in [0.1, 0.15) is 5.75 Å². The number of hydrogen-bond acceptors (Lipinski definition) is 3. The van der Waals surface area contributed by atoms with Crippen molar-refractivity contribution >= 4 is 28.4 Å². The Hall–Kier alpha value is -3.80. The van der Waals surface area contributed by atoms with Gasteiger partial charge in [-0.05, 0) is 29.1 Å². The van der Waals surface area contributed by atoms with Gasteiger partial charge in [0.25, 0.3) is 5.91 Å². The van der Waals surface area contributed by atoms with Gasteiger partial charge in [-0.15, -0.1) is 0 Å². The van der Waals surface area contributed by atoms with Crippen molar-refractivity contribution in [3.8, 4) is 5.75 Å². The molecule has 0 radical (unpaired) electrons. The molecule has 29 heavy (non-hydrogen) atoms. The van der Waals surface area contributed by atoms with Crippen LogP contribution in [0.15, 0.2) is 78.0 Å². The van der Waals surface area contributed by atoms with E-state index < -0.39 is 6.04 Å². The van der Waals surface area contributed by atoms with Crippen molar-refractivity contribution in [2.75, 3.05) is 18.5 Å². The fourth-order valence-electron chi connectivity index (χ4n) is 4.12. The van der Waals surface area contributed by atoms with Crippen LogP contribution < -0.4 is 10.2 Å². The molecule has 0 aromatic heterocycles. The standard InChI is InChI=1S/C23H19N3O3/c1-25-19-13-26(18-8-4-6-14-5-2-3-7-17(14)18)22(28)20(19)21(24-23(25)29)15-9-11-16(27)12-10-15/h2-12,21,27H,13H2,1H3,(H,24,29)/t21-/m0/s1. The first-order valence-electron chi connectivity index (χ1n) is 9.40. The van der Waals surface area contributed by atoms with Crippen LogP contribution in [0.3, 0.4) is 0 Å². The minimum absolute atomic E-state index is 0.124. The largest absolute Gasteiger partial charge is 0.508 e. The molecule has 6 nitrogen and oxygen atoms in total. The molecule has 0 bridgehead atoms. The highest BCUT2D eigenvalue weighted by atomic mass is 16.3. The molecule has 2 N–H and O–H groups in total. The molecule has 1 atom stereocenters. The van der Waals surface area contributed by atoms with Gasteiger partial charge in [0.05, 0.1) is 29.5 Å². The molecule has 0 aliphatic carbocycles. The summed E-state index contributed by atoms with van der Waals surface area (Å²) in [5.41, 5.74) is 2.84. The molecule has 2 aliphatic rings. The van der Waals surface area contributed by atoms with Crippen LogP contribution in [0.1, 0.15) is 11.6 Å². The number of rotatable bonds is 2. The number of nitrogens with zero attached hydrogens (tertiary/aromatic N) is 2. The Bertz CT molecular complexity index is 1180. The van der Waals surface area contributed by atoms with E-state index in [1.165, 1.54) is 4.90 Å². The number of urea groups is 1. The van der Waals surface area contributed by atoms with Crippen molar-refractivity contribution in [1.82, 2.24) is 10.2 Å². The lowest BCUT2D eigenvalue weighted by Crippen LogP contribution is -2.45. The molecule has 0 saturated carbocycles. The van der Waals surface area contributed by atoms with E-state index >= 15 is 0 Å². The number of aromatic hydroxyl groups is 1. The van der Waals surface area contributed by atoms with Crippen molar-refractivity contribution < 1.29 is 14.7 Å². The van der Waals surface area contributed by atoms with E-state index in [-0.39, 0.29) is 17.7 Å². The van der Waals surface area contributed by atoms with Gasteiger partial charge in [-0.2, -0.15) is 0 Å². The normalized spacial score (nSPS) is 19.0. The Kier molecular flexibility index (Phi) is 3.81. The fraction of sp³-hybridized carbons (Fsp3) is 0.130. The Morgan fingerprint density at radius 1 is 0.966 bits per heavy atom. The number of phenols is 1. The zero-order valence-corrected chi connectivity index (χ0v) is 15.8. The number of amides is 3. The van der Waals surface area contributed by atoms with Gasteiger partial charge >= 0.3 is 6.03 Å². The first-order valence-corrected chi connectivity index (χ1v) is 9.40. The SMILES string of the molecule is CN1C(=O)N[C@@H](c2ccc(O)cc2)C2=C1CN(c1cccc3ccccc13)C2=O. The number of carbonyl (C=O) groups excluding carboxylic acids is 2. The van der Waals surface area contributed by atoms with Crippen LogP contribution in [0, 0.1) is 0 Å². The van der Waals surface area contributed by atoms with E-state index in [1.807, 2.05) is 42.5 Å². The van der Waals surface area contributed by atoms with Crippen LogP contribution in [-0.2, 0) is 4.79 Å². The van der Waals surface area contributed by atoms with Crippen LogP contribution in [0.2, 0.25) is 0 Å². The summed E-state index contributed by atoms with van der Waals surface area (Å²) >= 11 is 0. The summed E-state index contributed by atoms with van der Waals surface area (Å²) in [6, 6.07) is 19.6. The summed E-state index contributed by atoms with van der Waals surface area (Å²) < 4.78 is 0. The average Bonchev–Trinajstić information content (AvgIpc) is 3.08. The third-order valence-electron chi connectivity index (χ3n) is 5.64. The Labute approximate surface area is 167 Å². The van der Waals surface area contributed by atoms with E-state index in [0.29, 0.717) is 17.8 Å². The zero-order valence-electron chi connectivity index (χ0n) is 15.8. The van der Waals surface area contributed by atoms with E-state index in [9.17, 15) is 14.7 Å². The molecule has 3 aromatic rings. The minimum Gasteiger partial charge on any atom is -0.508 e. The van der Waals surface area contributed by atoms with Gasteiger partial charge < -0.3 is 15.3 Å². The molecule has 144 valence electrons. The van der Waals surface area contributed by atoms with Crippen molar-refractivity contribution in [2.45, 2.75) is 6.04 Å². The topological polar surface area (TPSA) is 72.9 Å². The van der Waals surface area contributed by atoms with E-state index in [0.717, 1.165) is 22.0 Å². The smallest absolute Gasteiger partial charge is 0.322 e. The number of nitrogens with one attached hydrogen (secondary N) is 1. The van der Waals surface area contributed by atoms with Crippen LogP contribution in [0.4, 0.5) is 10.5 Å². The van der Waals surface area contributed by atoms with Crippen LogP contribution in [0.5, 0.6) is 5.75 Å². The molecule has 3 amide bonds. The van der Waals surface area contributed by atoms with Crippen LogP contribution in [-0.4, -0.2) is 35.5 Å². The number of likely N-dealkylation sites (N-methyl/N-ethyl adjacent to an activating group) is 1. The number of carbonyl (C=O) groups is 2. The summed E-state index contributed by atoms with van der Waals surface area (Å²) in [4.78, 5) is 29.3. The summed E-state index contributed by atoms with van der Waals surface area (Å²) in [6.45, 7) is 0.334. The first-order chi connectivity index (χ1) is 14.0. The fourth-order valence-corrected chi connectivity index (χ4v) is 4.12. The number of hydrogen-bond donors (Lipinski definition) is 2. The predicted octanol–water partition coefficient (Wildman–Crippen LogP) is 3.54. The lowest BCUT2D eigenvalue weighted by Gasteiger charge is -2.31. The molecular formula is C23H19N3O3. The number of fused-ring (bicyclic) bond motifs is 1. The Morgan fingerprint density at radius 3 is 2.48 bits per heavy atom. The van der Waals surface area contributed by atoms with Crippen molar-refractivity contribution in [2.24, 2.45) is 0 Å². The molecular weight excluding hydrogens is 366 g/mol. The molecule has 2 aliphatic heterocycles. The molecule has 6 heteroatoms. The number of anilines is 1. The second-order valence-corrected chi connectivity index (χ2v) is 7.28. The maximum atomic E-state index is 13.5. The Balaban J connectivity index is 1.61. The third-order valence-corrected chi connectivity index (χ3v) is 5.64. The van der Waals surface area contributed by atoms with Gasteiger partial charge in [-0.1, -0.05) is 48.5 Å². The zero-order chi connectivity index (χ0) is 20.1. The summed E-state index contributed by atoms with van der Waals surface area (Å²) in [7, 11) is 1.68. The summed E-state index contributed by atoms with van der Waals surface area (Å²) in [5.74, 6) is 0.0126. The number of benzene rings is 3. The quantitative estimate of drug-likeness (QED) is 0.709. The minimum atomic E-state index is -0.554. The highest BCUT2D eigenvalue weighted by Gasteiger charge is 2.43. The van der Waals surface area contributed by atoms with Crippen molar-refractivity contribution in [3.63, 3.8) is 0 Å². The van der Waals surface area contributed by atoms with Gasteiger partial charge in [0.2, 0.25) is 0 Å². The Morgan fingerprint density at radius 2 is 1.69 bits per heavy atom. The number of phenolic OH excluding ortho intramolecular Hbond substituents is 1.